The van der Waals surface area contributed by atoms with Crippen LogP contribution in [0.25, 0.3) is 0 Å². The fourth-order valence-corrected chi connectivity index (χ4v) is 14.1. The second-order valence-corrected chi connectivity index (χ2v) is 21.2. The second kappa shape index (κ2) is 14.5. The summed E-state index contributed by atoms with van der Waals surface area (Å²) in [4.78, 5) is 0. The Balaban J connectivity index is 1.26. The van der Waals surface area contributed by atoms with E-state index in [1.54, 1.807) is 13.8 Å². The molecule has 0 bridgehead atoms. The molecule has 4 saturated carbocycles. The van der Waals surface area contributed by atoms with Crippen molar-refractivity contribution in [3.8, 4) is 0 Å². The Bertz CT molecular complexity index is 1430. The molecular weight excluding hydrogens is 728 g/mol. The lowest BCUT2D eigenvalue weighted by Gasteiger charge is -2.72. The predicted octanol–water partition coefficient (Wildman–Crippen LogP) is 1.36. The first kappa shape index (κ1) is 43.5. The number of fused-ring (bicyclic) bond motifs is 5. The van der Waals surface area contributed by atoms with E-state index in [-0.39, 0.29) is 35.2 Å². The third-order valence-corrected chi connectivity index (χ3v) is 17.3. The lowest BCUT2D eigenvalue weighted by atomic mass is 9.34. The average Bonchev–Trinajstić information content (AvgIpc) is 3.71. The van der Waals surface area contributed by atoms with Gasteiger partial charge in [-0.25, -0.2) is 0 Å². The molecule has 56 heavy (non-hydrogen) atoms. The Kier molecular flexibility index (Phi) is 11.3. The molecule has 7 aliphatic rings. The summed E-state index contributed by atoms with van der Waals surface area (Å²) >= 11 is 0. The van der Waals surface area contributed by atoms with E-state index in [1.165, 1.54) is 6.92 Å². The summed E-state index contributed by atoms with van der Waals surface area (Å²) in [5, 5.41) is 99.5. The molecule has 3 saturated heterocycles. The highest BCUT2D eigenvalue weighted by Gasteiger charge is 2.74. The van der Waals surface area contributed by atoms with Crippen LogP contribution in [0.15, 0.2) is 0 Å². The molecule has 3 aliphatic heterocycles. The van der Waals surface area contributed by atoms with Crippen LogP contribution in [-0.2, 0) is 23.7 Å². The van der Waals surface area contributed by atoms with Gasteiger partial charge < -0.3 is 69.6 Å². The van der Waals surface area contributed by atoms with Crippen LogP contribution in [0.3, 0.4) is 0 Å². The summed E-state index contributed by atoms with van der Waals surface area (Å²) in [6.45, 7) is 17.6. The first-order valence-corrected chi connectivity index (χ1v) is 21.2. The van der Waals surface area contributed by atoms with Crippen molar-refractivity contribution in [2.75, 3.05) is 6.61 Å². The van der Waals surface area contributed by atoms with E-state index in [0.717, 1.165) is 25.7 Å². The molecule has 0 amide bonds. The van der Waals surface area contributed by atoms with Crippen LogP contribution in [-0.4, -0.2) is 150 Å². The molecule has 14 heteroatoms. The largest absolute Gasteiger partial charge is 0.394 e. The molecule has 3 heterocycles. The molecule has 14 nitrogen and oxygen atoms in total. The Morgan fingerprint density at radius 2 is 1.41 bits per heavy atom. The van der Waals surface area contributed by atoms with Crippen LogP contribution in [0, 0.1) is 45.3 Å². The van der Waals surface area contributed by atoms with E-state index in [1.807, 2.05) is 0 Å². The Labute approximate surface area is 331 Å². The molecule has 0 radical (unpaired) electrons. The minimum atomic E-state index is -1.70. The van der Waals surface area contributed by atoms with Gasteiger partial charge in [0.1, 0.15) is 42.7 Å². The maximum Gasteiger partial charge on any atom is 0.187 e. The first-order chi connectivity index (χ1) is 25.9. The molecule has 0 aromatic heterocycles. The van der Waals surface area contributed by atoms with Crippen molar-refractivity contribution < 1.29 is 69.6 Å². The second-order valence-electron chi connectivity index (χ2n) is 21.2. The SMILES string of the molecule is CC1OC(OC2C(OC3C[C@]4(C)C(CC(O)C5C([C@]6(C)CCC(C(C)(C)O)O6)CC[C@]54C)[C@@]4(C)CCC(O)C(C)(C)C34)OC(CO)C(O)C2O)C(O)C(O)C1O. The third-order valence-electron chi connectivity index (χ3n) is 17.3. The van der Waals surface area contributed by atoms with Crippen LogP contribution < -0.4 is 0 Å². The Hall–Kier alpha value is -0.560. The maximum absolute atomic E-state index is 12.4. The van der Waals surface area contributed by atoms with Crippen molar-refractivity contribution in [1.29, 1.82) is 0 Å². The fourth-order valence-electron chi connectivity index (χ4n) is 14.1. The van der Waals surface area contributed by atoms with Crippen LogP contribution in [0.1, 0.15) is 114 Å². The van der Waals surface area contributed by atoms with E-state index < -0.39 is 114 Å². The van der Waals surface area contributed by atoms with Gasteiger partial charge in [-0.3, -0.25) is 0 Å². The van der Waals surface area contributed by atoms with E-state index in [2.05, 4.69) is 41.5 Å². The summed E-state index contributed by atoms with van der Waals surface area (Å²) in [6, 6.07) is 0. The van der Waals surface area contributed by atoms with Crippen molar-refractivity contribution in [3.63, 3.8) is 0 Å². The molecule has 22 atom stereocenters. The lowest BCUT2D eigenvalue weighted by molar-refractivity contribution is -0.382. The molecular formula is C42H72O14. The highest BCUT2D eigenvalue weighted by atomic mass is 16.8. The zero-order valence-electron chi connectivity index (χ0n) is 34.8. The number of aliphatic hydroxyl groups is 9. The quantitative estimate of drug-likeness (QED) is 0.166. The van der Waals surface area contributed by atoms with Crippen molar-refractivity contribution in [3.05, 3.63) is 0 Å². The lowest BCUT2D eigenvalue weighted by Crippen LogP contribution is -2.71. The van der Waals surface area contributed by atoms with E-state index in [4.69, 9.17) is 23.7 Å². The van der Waals surface area contributed by atoms with Crippen molar-refractivity contribution in [2.24, 2.45) is 45.3 Å². The molecule has 0 spiro atoms. The topological polar surface area (TPSA) is 228 Å². The summed E-state index contributed by atoms with van der Waals surface area (Å²) in [5.41, 5.74) is -3.36. The molecule has 4 aliphatic carbocycles. The number of rotatable bonds is 7. The maximum atomic E-state index is 12.4. The zero-order chi connectivity index (χ0) is 41.3. The Morgan fingerprint density at radius 1 is 0.732 bits per heavy atom. The normalized spacial score (nSPS) is 57.3. The van der Waals surface area contributed by atoms with Gasteiger partial charge in [0.25, 0.3) is 0 Å². The van der Waals surface area contributed by atoms with Crippen LogP contribution in [0.2, 0.25) is 0 Å². The van der Waals surface area contributed by atoms with Gasteiger partial charge in [-0.2, -0.15) is 0 Å². The molecule has 324 valence electrons. The number of aliphatic hydroxyl groups excluding tert-OH is 8. The van der Waals surface area contributed by atoms with Crippen LogP contribution in [0.5, 0.6) is 0 Å². The standard InChI is InChI=1S/C42H72O14/c1-19-28(46)30(48)32(50)35(52-19)55-33-31(49)29(47)23(18-43)54-36(33)53-22-17-41(8)24(39(6)13-11-25(45)37(2,3)34(22)39)16-21(44)27-20(10-14-40(27,41)7)42(9)15-12-26(56-42)38(4,5)51/h19-36,43-51H,10-18H2,1-9H3/t19?,20?,21?,22?,23?,24?,25?,26?,27?,28?,29?,30?,31?,32?,33?,34?,35?,36?,39-,40-,41-,42+/m1/s1. The van der Waals surface area contributed by atoms with Gasteiger partial charge in [0, 0.05) is 0 Å². The fraction of sp³-hybridized carbons (Fsp3) is 1.00. The van der Waals surface area contributed by atoms with Crippen molar-refractivity contribution >= 4 is 0 Å². The molecule has 7 rings (SSSR count). The molecule has 9 N–H and O–H groups in total. The van der Waals surface area contributed by atoms with Gasteiger partial charge >= 0.3 is 0 Å². The van der Waals surface area contributed by atoms with Gasteiger partial charge in [-0.15, -0.1) is 0 Å². The monoisotopic (exact) mass is 800 g/mol. The van der Waals surface area contributed by atoms with Gasteiger partial charge in [0.2, 0.25) is 0 Å². The summed E-state index contributed by atoms with van der Waals surface area (Å²) in [7, 11) is 0. The minimum Gasteiger partial charge on any atom is -0.394 e. The molecule has 0 aromatic rings. The molecule has 18 unspecified atom stereocenters. The summed E-state index contributed by atoms with van der Waals surface area (Å²) in [5.74, 6) is -0.246. The van der Waals surface area contributed by atoms with E-state index >= 15 is 0 Å². The Morgan fingerprint density at radius 3 is 2.04 bits per heavy atom. The average molecular weight is 801 g/mol. The summed E-state index contributed by atoms with van der Waals surface area (Å²) in [6.07, 6.45) is -11.0. The zero-order valence-corrected chi connectivity index (χ0v) is 34.8. The first-order valence-electron chi connectivity index (χ1n) is 21.2. The summed E-state index contributed by atoms with van der Waals surface area (Å²) < 4.78 is 32.0. The third kappa shape index (κ3) is 6.49. The van der Waals surface area contributed by atoms with Crippen molar-refractivity contribution in [2.45, 2.75) is 211 Å². The van der Waals surface area contributed by atoms with Gasteiger partial charge in [0.05, 0.1) is 48.3 Å². The van der Waals surface area contributed by atoms with E-state index in [9.17, 15) is 46.0 Å². The molecule has 0 aromatic carbocycles. The number of ether oxygens (including phenoxy) is 5. The smallest absolute Gasteiger partial charge is 0.187 e. The highest BCUT2D eigenvalue weighted by molar-refractivity contribution is 5.22. The van der Waals surface area contributed by atoms with Gasteiger partial charge in [-0.1, -0.05) is 34.6 Å². The molecule has 7 fully saturated rings. The van der Waals surface area contributed by atoms with Gasteiger partial charge in [0.15, 0.2) is 12.6 Å². The van der Waals surface area contributed by atoms with Crippen molar-refractivity contribution in [1.82, 2.24) is 0 Å². The van der Waals surface area contributed by atoms with Crippen LogP contribution >= 0.6 is 0 Å². The number of hydrogen-bond donors (Lipinski definition) is 9. The van der Waals surface area contributed by atoms with Crippen LogP contribution in [0.4, 0.5) is 0 Å². The minimum absolute atomic E-state index is 0.0557. The van der Waals surface area contributed by atoms with E-state index in [0.29, 0.717) is 25.7 Å². The number of hydrogen-bond acceptors (Lipinski definition) is 14. The highest BCUT2D eigenvalue weighted by Crippen LogP contribution is 2.76. The predicted molar refractivity (Wildman–Crippen MR) is 200 cm³/mol. The van der Waals surface area contributed by atoms with Gasteiger partial charge in [-0.05, 0) is 124 Å².